The number of halogens is 1. The van der Waals surface area contributed by atoms with Crippen molar-refractivity contribution in [1.82, 2.24) is 3.97 Å². The Morgan fingerprint density at radius 1 is 1.32 bits per heavy atom. The zero-order valence-electron chi connectivity index (χ0n) is 14.4. The van der Waals surface area contributed by atoms with Crippen molar-refractivity contribution in [2.24, 2.45) is 5.73 Å². The Labute approximate surface area is 164 Å². The fourth-order valence-electron chi connectivity index (χ4n) is 2.79. The van der Waals surface area contributed by atoms with Gasteiger partial charge >= 0.3 is 5.97 Å². The fraction of sp³-hybridized carbons (Fsp3) is 0.111. The molecule has 2 aromatic heterocycles. The molecule has 0 saturated heterocycles. The van der Waals surface area contributed by atoms with Crippen molar-refractivity contribution in [2.45, 2.75) is 17.1 Å². The van der Waals surface area contributed by atoms with Gasteiger partial charge in [0, 0.05) is 40.9 Å². The van der Waals surface area contributed by atoms with E-state index in [0.717, 1.165) is 27.6 Å². The molecule has 0 spiro atoms. The maximum absolute atomic E-state index is 13.7. The van der Waals surface area contributed by atoms with Gasteiger partial charge in [0.25, 0.3) is 10.0 Å². The SMILES string of the molecule is N=C/C(=C\N)c1ccc(S(=O)(=O)n2cc(CCC(=O)O)c3cc(F)ccc32)s1. The zero-order chi connectivity index (χ0) is 20.5. The number of allylic oxidation sites excluding steroid dienone is 1. The number of aliphatic carboxylic acids is 1. The van der Waals surface area contributed by atoms with Gasteiger partial charge in [-0.3, -0.25) is 4.79 Å². The van der Waals surface area contributed by atoms with Gasteiger partial charge in [-0.2, -0.15) is 8.42 Å². The number of aromatic nitrogens is 1. The minimum absolute atomic E-state index is 0.0229. The number of hydrogen-bond acceptors (Lipinski definition) is 6. The molecule has 0 amide bonds. The first-order chi connectivity index (χ1) is 13.3. The van der Waals surface area contributed by atoms with Crippen LogP contribution >= 0.6 is 11.3 Å². The van der Waals surface area contributed by atoms with Crippen LogP contribution in [0.4, 0.5) is 4.39 Å². The van der Waals surface area contributed by atoms with Crippen LogP contribution in [0.2, 0.25) is 0 Å². The monoisotopic (exact) mass is 421 g/mol. The molecule has 0 atom stereocenters. The number of carboxylic acids is 1. The highest BCUT2D eigenvalue weighted by atomic mass is 32.2. The molecule has 0 aliphatic heterocycles. The number of nitrogens with two attached hydrogens (primary N) is 1. The first-order valence-corrected chi connectivity index (χ1v) is 10.3. The Kier molecular flexibility index (Phi) is 5.34. The maximum atomic E-state index is 13.7. The molecule has 146 valence electrons. The van der Waals surface area contributed by atoms with Crippen LogP contribution in [0.1, 0.15) is 16.9 Å². The molecular formula is C18H16FN3O4S2. The first-order valence-electron chi connectivity index (χ1n) is 8.07. The van der Waals surface area contributed by atoms with Crippen molar-refractivity contribution in [3.8, 4) is 0 Å². The summed E-state index contributed by atoms with van der Waals surface area (Å²) in [5.41, 5.74) is 6.52. The van der Waals surface area contributed by atoms with Crippen LogP contribution in [-0.4, -0.2) is 29.7 Å². The molecule has 28 heavy (non-hydrogen) atoms. The third-order valence-corrected chi connectivity index (χ3v) is 7.41. The van der Waals surface area contributed by atoms with E-state index in [1.807, 2.05) is 0 Å². The highest BCUT2D eigenvalue weighted by molar-refractivity contribution is 7.92. The average molecular weight is 421 g/mol. The normalized spacial score (nSPS) is 12.4. The lowest BCUT2D eigenvalue weighted by atomic mass is 10.1. The summed E-state index contributed by atoms with van der Waals surface area (Å²) >= 11 is 0.955. The summed E-state index contributed by atoms with van der Waals surface area (Å²) in [5, 5.41) is 16.6. The molecule has 10 heteroatoms. The molecule has 2 heterocycles. The Balaban J connectivity index is 2.14. The summed E-state index contributed by atoms with van der Waals surface area (Å²) in [4.78, 5) is 11.4. The molecular weight excluding hydrogens is 405 g/mol. The van der Waals surface area contributed by atoms with Crippen LogP contribution < -0.4 is 5.73 Å². The zero-order valence-corrected chi connectivity index (χ0v) is 16.1. The van der Waals surface area contributed by atoms with Gasteiger partial charge in [0.05, 0.1) is 5.52 Å². The van der Waals surface area contributed by atoms with Crippen LogP contribution in [0.3, 0.4) is 0 Å². The molecule has 0 bridgehead atoms. The Hall–Kier alpha value is -2.98. The number of hydrogen-bond donors (Lipinski definition) is 3. The molecule has 3 rings (SSSR count). The summed E-state index contributed by atoms with van der Waals surface area (Å²) in [5.74, 6) is -1.57. The minimum atomic E-state index is -4.00. The van der Waals surface area contributed by atoms with Gasteiger partial charge in [0.2, 0.25) is 0 Å². The van der Waals surface area contributed by atoms with E-state index in [4.69, 9.17) is 16.2 Å². The molecule has 0 fully saturated rings. The second kappa shape index (κ2) is 7.56. The number of nitrogens with zero attached hydrogens (tertiary/aromatic N) is 1. The molecule has 0 aliphatic carbocycles. The topological polar surface area (TPSA) is 126 Å². The van der Waals surface area contributed by atoms with E-state index in [9.17, 15) is 17.6 Å². The number of benzene rings is 1. The summed E-state index contributed by atoms with van der Waals surface area (Å²) in [6.07, 6.45) is 3.44. The third-order valence-electron chi connectivity index (χ3n) is 4.14. The maximum Gasteiger partial charge on any atom is 0.303 e. The second-order valence-corrected chi connectivity index (χ2v) is 9.02. The van der Waals surface area contributed by atoms with E-state index < -0.39 is 21.8 Å². The van der Waals surface area contributed by atoms with Crippen LogP contribution in [0.5, 0.6) is 0 Å². The van der Waals surface area contributed by atoms with Crippen molar-refractivity contribution in [3.05, 3.63) is 59.0 Å². The summed E-state index contributed by atoms with van der Waals surface area (Å²) in [6, 6.07) is 6.67. The number of aryl methyl sites for hydroxylation is 1. The average Bonchev–Trinajstić information content (AvgIpc) is 3.27. The molecule has 3 aromatic rings. The number of fused-ring (bicyclic) bond motifs is 1. The van der Waals surface area contributed by atoms with E-state index in [1.165, 1.54) is 30.6 Å². The van der Waals surface area contributed by atoms with Crippen LogP contribution in [0, 0.1) is 11.2 Å². The molecule has 7 nitrogen and oxygen atoms in total. The molecule has 0 radical (unpaired) electrons. The number of carboxylic acid groups (broad SMARTS) is 1. The van der Waals surface area contributed by atoms with Gasteiger partial charge < -0.3 is 16.2 Å². The van der Waals surface area contributed by atoms with Gasteiger partial charge in [-0.25, -0.2) is 8.36 Å². The van der Waals surface area contributed by atoms with Crippen molar-refractivity contribution in [2.75, 3.05) is 0 Å². The van der Waals surface area contributed by atoms with Gasteiger partial charge in [-0.05, 0) is 42.3 Å². The van der Waals surface area contributed by atoms with Crippen LogP contribution in [-0.2, 0) is 21.2 Å². The van der Waals surface area contributed by atoms with Crippen molar-refractivity contribution in [3.63, 3.8) is 0 Å². The lowest BCUT2D eigenvalue weighted by Gasteiger charge is -2.05. The predicted molar refractivity (Wildman–Crippen MR) is 106 cm³/mol. The van der Waals surface area contributed by atoms with Crippen molar-refractivity contribution < 1.29 is 22.7 Å². The third kappa shape index (κ3) is 3.56. The number of thiophene rings is 1. The predicted octanol–water partition coefficient (Wildman–Crippen LogP) is 3.05. The first kappa shape index (κ1) is 19.8. The fourth-order valence-corrected chi connectivity index (χ4v) is 5.57. The Bertz CT molecular complexity index is 1210. The quantitative estimate of drug-likeness (QED) is 0.506. The summed E-state index contributed by atoms with van der Waals surface area (Å²) in [7, 11) is -4.00. The lowest BCUT2D eigenvalue weighted by Crippen LogP contribution is -2.10. The summed E-state index contributed by atoms with van der Waals surface area (Å²) in [6.45, 7) is 0. The smallest absolute Gasteiger partial charge is 0.303 e. The highest BCUT2D eigenvalue weighted by Gasteiger charge is 2.24. The van der Waals surface area contributed by atoms with Crippen LogP contribution in [0.15, 0.2) is 46.9 Å². The molecule has 1 aromatic carbocycles. The number of rotatable bonds is 7. The number of nitrogens with one attached hydrogen (secondary N) is 1. The van der Waals surface area contributed by atoms with E-state index >= 15 is 0 Å². The largest absolute Gasteiger partial charge is 0.481 e. The molecule has 0 unspecified atom stereocenters. The molecule has 4 N–H and O–H groups in total. The number of carbonyl (C=O) groups is 1. The molecule has 0 saturated carbocycles. The van der Waals surface area contributed by atoms with Gasteiger partial charge in [-0.1, -0.05) is 0 Å². The van der Waals surface area contributed by atoms with Gasteiger partial charge in [0.15, 0.2) is 0 Å². The van der Waals surface area contributed by atoms with E-state index in [0.29, 0.717) is 21.4 Å². The van der Waals surface area contributed by atoms with Crippen LogP contribution in [0.25, 0.3) is 16.5 Å². The van der Waals surface area contributed by atoms with Crippen molar-refractivity contribution in [1.29, 1.82) is 5.41 Å². The van der Waals surface area contributed by atoms with Crippen molar-refractivity contribution >= 4 is 50.0 Å². The lowest BCUT2D eigenvalue weighted by molar-refractivity contribution is -0.136. The Morgan fingerprint density at radius 2 is 2.07 bits per heavy atom. The van der Waals surface area contributed by atoms with E-state index in [1.54, 1.807) is 6.07 Å². The van der Waals surface area contributed by atoms with E-state index in [2.05, 4.69) is 0 Å². The second-order valence-electron chi connectivity index (χ2n) is 5.90. The Morgan fingerprint density at radius 3 is 2.71 bits per heavy atom. The standard InChI is InChI=1S/C18H16FN3O4S2/c19-13-2-3-15-14(7-13)11(1-5-17(23)24)10-22(15)28(25,26)18-6-4-16(27-18)12(8-20)9-21/h2-4,6-10,20H,1,5,21H2,(H,23,24)/b12-9+,20-8?. The highest BCUT2D eigenvalue weighted by Crippen LogP contribution is 2.32. The van der Waals surface area contributed by atoms with Gasteiger partial charge in [0.1, 0.15) is 10.0 Å². The minimum Gasteiger partial charge on any atom is -0.481 e. The van der Waals surface area contributed by atoms with E-state index in [-0.39, 0.29) is 22.6 Å². The van der Waals surface area contributed by atoms with Gasteiger partial charge in [-0.15, -0.1) is 11.3 Å². The molecule has 0 aliphatic rings. The summed E-state index contributed by atoms with van der Waals surface area (Å²) < 4.78 is 41.1.